The molecule has 0 aromatic heterocycles. The van der Waals surface area contributed by atoms with Crippen molar-refractivity contribution >= 4 is 11.6 Å². The Morgan fingerprint density at radius 2 is 2.12 bits per heavy atom. The number of rotatable bonds is 6. The zero-order chi connectivity index (χ0) is 12.7. The monoisotopic (exact) mass is 234 g/mol. The molecular weight excluding hydrogens is 212 g/mol. The standard InChI is InChI=1S/C14H22N2O/c1-4-12-6-5-7-13(8-12)15-10-14(17)16-9-11(2)3/h5-8,11,15H,4,9-10H2,1-3H3,(H,16,17). The fourth-order valence-electron chi connectivity index (χ4n) is 1.46. The van der Waals surface area contributed by atoms with Crippen molar-refractivity contribution in [3.8, 4) is 0 Å². The summed E-state index contributed by atoms with van der Waals surface area (Å²) in [6.07, 6.45) is 1.01. The summed E-state index contributed by atoms with van der Waals surface area (Å²) in [6.45, 7) is 7.35. The summed E-state index contributed by atoms with van der Waals surface area (Å²) < 4.78 is 0. The Bertz CT molecular complexity index is 361. The van der Waals surface area contributed by atoms with E-state index in [0.29, 0.717) is 12.5 Å². The van der Waals surface area contributed by atoms with E-state index < -0.39 is 0 Å². The molecule has 17 heavy (non-hydrogen) atoms. The normalized spacial score (nSPS) is 10.4. The molecule has 0 aliphatic rings. The molecule has 1 rings (SSSR count). The molecular formula is C14H22N2O. The molecule has 0 radical (unpaired) electrons. The summed E-state index contributed by atoms with van der Waals surface area (Å²) in [4.78, 5) is 11.5. The highest BCUT2D eigenvalue weighted by Gasteiger charge is 2.02. The van der Waals surface area contributed by atoms with Crippen molar-refractivity contribution in [2.75, 3.05) is 18.4 Å². The van der Waals surface area contributed by atoms with Gasteiger partial charge in [-0.15, -0.1) is 0 Å². The highest BCUT2D eigenvalue weighted by molar-refractivity contribution is 5.80. The largest absolute Gasteiger partial charge is 0.376 e. The van der Waals surface area contributed by atoms with Crippen LogP contribution in [0.4, 0.5) is 5.69 Å². The molecule has 3 heteroatoms. The maximum absolute atomic E-state index is 11.5. The molecule has 0 spiro atoms. The molecule has 0 saturated heterocycles. The smallest absolute Gasteiger partial charge is 0.239 e. The van der Waals surface area contributed by atoms with E-state index >= 15 is 0 Å². The SMILES string of the molecule is CCc1cccc(NCC(=O)NCC(C)C)c1. The van der Waals surface area contributed by atoms with Crippen LogP contribution in [0.1, 0.15) is 26.3 Å². The summed E-state index contributed by atoms with van der Waals surface area (Å²) >= 11 is 0. The van der Waals surface area contributed by atoms with Gasteiger partial charge in [0.05, 0.1) is 6.54 Å². The van der Waals surface area contributed by atoms with Gasteiger partial charge in [0.2, 0.25) is 5.91 Å². The molecule has 1 aromatic rings. The van der Waals surface area contributed by atoms with Gasteiger partial charge >= 0.3 is 0 Å². The van der Waals surface area contributed by atoms with E-state index in [1.54, 1.807) is 0 Å². The molecule has 0 unspecified atom stereocenters. The third kappa shape index (κ3) is 5.38. The van der Waals surface area contributed by atoms with Gasteiger partial charge in [0.25, 0.3) is 0 Å². The Morgan fingerprint density at radius 1 is 1.35 bits per heavy atom. The zero-order valence-electron chi connectivity index (χ0n) is 10.9. The summed E-state index contributed by atoms with van der Waals surface area (Å²) in [5, 5.41) is 6.01. The minimum absolute atomic E-state index is 0.0422. The number of hydrogen-bond acceptors (Lipinski definition) is 2. The Morgan fingerprint density at radius 3 is 2.76 bits per heavy atom. The van der Waals surface area contributed by atoms with E-state index in [2.05, 4.69) is 43.5 Å². The first-order chi connectivity index (χ1) is 8.11. The van der Waals surface area contributed by atoms with Crippen molar-refractivity contribution in [1.29, 1.82) is 0 Å². The summed E-state index contributed by atoms with van der Waals surface area (Å²) in [5.74, 6) is 0.531. The lowest BCUT2D eigenvalue weighted by Gasteiger charge is -2.10. The van der Waals surface area contributed by atoms with Crippen molar-refractivity contribution in [2.24, 2.45) is 5.92 Å². The minimum atomic E-state index is 0.0422. The van der Waals surface area contributed by atoms with Crippen LogP contribution in [0.5, 0.6) is 0 Å². The lowest BCUT2D eigenvalue weighted by Crippen LogP contribution is -2.32. The quantitative estimate of drug-likeness (QED) is 0.793. The van der Waals surface area contributed by atoms with Crippen LogP contribution in [0.3, 0.4) is 0 Å². The first-order valence-corrected chi connectivity index (χ1v) is 6.21. The number of aryl methyl sites for hydroxylation is 1. The maximum Gasteiger partial charge on any atom is 0.239 e. The number of hydrogen-bond donors (Lipinski definition) is 2. The van der Waals surface area contributed by atoms with Gasteiger partial charge in [-0.3, -0.25) is 4.79 Å². The molecule has 0 bridgehead atoms. The highest BCUT2D eigenvalue weighted by atomic mass is 16.1. The molecule has 0 aliphatic heterocycles. The molecule has 0 aliphatic carbocycles. The van der Waals surface area contributed by atoms with Crippen LogP contribution in [0, 0.1) is 5.92 Å². The topological polar surface area (TPSA) is 41.1 Å². The molecule has 0 atom stereocenters. The number of amides is 1. The first-order valence-electron chi connectivity index (χ1n) is 6.21. The molecule has 3 nitrogen and oxygen atoms in total. The van der Waals surface area contributed by atoms with Gasteiger partial charge in [-0.05, 0) is 30.0 Å². The van der Waals surface area contributed by atoms with Crippen molar-refractivity contribution in [3.05, 3.63) is 29.8 Å². The fraction of sp³-hybridized carbons (Fsp3) is 0.500. The van der Waals surface area contributed by atoms with E-state index in [4.69, 9.17) is 0 Å². The second kappa shape index (κ2) is 6.94. The molecule has 2 N–H and O–H groups in total. The number of carbonyl (C=O) groups excluding carboxylic acids is 1. The van der Waals surface area contributed by atoms with Crippen LogP contribution in [-0.4, -0.2) is 19.0 Å². The summed E-state index contributed by atoms with van der Waals surface area (Å²) in [5.41, 5.74) is 2.28. The second-order valence-electron chi connectivity index (χ2n) is 4.61. The van der Waals surface area contributed by atoms with Crippen molar-refractivity contribution in [3.63, 3.8) is 0 Å². The van der Waals surface area contributed by atoms with Gasteiger partial charge in [-0.1, -0.05) is 32.9 Å². The molecule has 0 saturated carbocycles. The van der Waals surface area contributed by atoms with Crippen molar-refractivity contribution < 1.29 is 4.79 Å². The Kier molecular flexibility index (Phi) is 5.53. The Hall–Kier alpha value is -1.51. The summed E-state index contributed by atoms with van der Waals surface area (Å²) in [7, 11) is 0. The highest BCUT2D eigenvalue weighted by Crippen LogP contribution is 2.10. The second-order valence-corrected chi connectivity index (χ2v) is 4.61. The Balaban J connectivity index is 2.36. The lowest BCUT2D eigenvalue weighted by molar-refractivity contribution is -0.119. The van der Waals surface area contributed by atoms with E-state index in [-0.39, 0.29) is 5.91 Å². The van der Waals surface area contributed by atoms with Crippen molar-refractivity contribution in [1.82, 2.24) is 5.32 Å². The third-order valence-corrected chi connectivity index (χ3v) is 2.50. The van der Waals surface area contributed by atoms with Gasteiger partial charge in [0.1, 0.15) is 0 Å². The average Bonchev–Trinajstić information content (AvgIpc) is 2.34. The van der Waals surface area contributed by atoms with E-state index in [1.807, 2.05) is 12.1 Å². The van der Waals surface area contributed by atoms with Crippen LogP contribution >= 0.6 is 0 Å². The predicted octanol–water partition coefficient (Wildman–Crippen LogP) is 2.43. The lowest BCUT2D eigenvalue weighted by atomic mass is 10.1. The van der Waals surface area contributed by atoms with Gasteiger partial charge in [0, 0.05) is 12.2 Å². The molecule has 0 fully saturated rings. The van der Waals surface area contributed by atoms with Gasteiger partial charge in [-0.25, -0.2) is 0 Å². The van der Waals surface area contributed by atoms with Crippen LogP contribution < -0.4 is 10.6 Å². The first kappa shape index (κ1) is 13.6. The summed E-state index contributed by atoms with van der Waals surface area (Å²) in [6, 6.07) is 8.15. The number of anilines is 1. The van der Waals surface area contributed by atoms with Crippen molar-refractivity contribution in [2.45, 2.75) is 27.2 Å². The molecule has 94 valence electrons. The van der Waals surface area contributed by atoms with Crippen LogP contribution in [0.15, 0.2) is 24.3 Å². The zero-order valence-corrected chi connectivity index (χ0v) is 10.9. The van der Waals surface area contributed by atoms with Gasteiger partial charge in [0.15, 0.2) is 0 Å². The molecule has 1 aromatic carbocycles. The third-order valence-electron chi connectivity index (χ3n) is 2.50. The number of nitrogens with one attached hydrogen (secondary N) is 2. The van der Waals surface area contributed by atoms with E-state index in [1.165, 1.54) is 5.56 Å². The Labute approximate surface area is 104 Å². The molecule has 1 amide bonds. The fourth-order valence-corrected chi connectivity index (χ4v) is 1.46. The van der Waals surface area contributed by atoms with Gasteiger partial charge in [-0.2, -0.15) is 0 Å². The van der Waals surface area contributed by atoms with Gasteiger partial charge < -0.3 is 10.6 Å². The maximum atomic E-state index is 11.5. The number of carbonyl (C=O) groups is 1. The molecule has 0 heterocycles. The average molecular weight is 234 g/mol. The van der Waals surface area contributed by atoms with E-state index in [0.717, 1.165) is 18.7 Å². The van der Waals surface area contributed by atoms with Crippen LogP contribution in [0.25, 0.3) is 0 Å². The predicted molar refractivity (Wildman–Crippen MR) is 72.2 cm³/mol. The van der Waals surface area contributed by atoms with Crippen LogP contribution in [0.2, 0.25) is 0 Å². The minimum Gasteiger partial charge on any atom is -0.376 e. The van der Waals surface area contributed by atoms with E-state index in [9.17, 15) is 4.79 Å². The number of benzene rings is 1. The van der Waals surface area contributed by atoms with Crippen LogP contribution in [-0.2, 0) is 11.2 Å².